The number of rotatable bonds is 5. The second-order valence-corrected chi connectivity index (χ2v) is 4.87. The van der Waals surface area contributed by atoms with E-state index in [0.29, 0.717) is 18.1 Å². The molecule has 2 N–H and O–H groups in total. The molecule has 0 aromatic rings. The van der Waals surface area contributed by atoms with E-state index in [-0.39, 0.29) is 0 Å². The van der Waals surface area contributed by atoms with Gasteiger partial charge < -0.3 is 10.5 Å². The zero-order chi connectivity index (χ0) is 11.3. The minimum Gasteiger partial charge on any atom is -0.373 e. The van der Waals surface area contributed by atoms with Crippen LogP contribution >= 0.6 is 0 Å². The van der Waals surface area contributed by atoms with Crippen molar-refractivity contribution in [3.05, 3.63) is 0 Å². The van der Waals surface area contributed by atoms with Gasteiger partial charge in [-0.05, 0) is 32.7 Å². The van der Waals surface area contributed by atoms with Gasteiger partial charge >= 0.3 is 0 Å². The van der Waals surface area contributed by atoms with Crippen LogP contribution in [0.2, 0.25) is 0 Å². The van der Waals surface area contributed by atoms with Crippen LogP contribution < -0.4 is 5.73 Å². The van der Waals surface area contributed by atoms with E-state index in [4.69, 9.17) is 10.5 Å². The molecule has 0 aliphatic carbocycles. The van der Waals surface area contributed by atoms with Gasteiger partial charge in [-0.15, -0.1) is 0 Å². The molecule has 0 radical (unpaired) electrons. The monoisotopic (exact) mass is 214 g/mol. The van der Waals surface area contributed by atoms with E-state index in [1.54, 1.807) is 0 Å². The third-order valence-electron chi connectivity index (χ3n) is 3.04. The average molecular weight is 214 g/mol. The van der Waals surface area contributed by atoms with Crippen LogP contribution in [0.5, 0.6) is 0 Å². The number of hydrogen-bond donors (Lipinski definition) is 1. The Labute approximate surface area is 94.0 Å². The van der Waals surface area contributed by atoms with Crippen molar-refractivity contribution in [2.24, 2.45) is 11.7 Å². The van der Waals surface area contributed by atoms with Crippen molar-refractivity contribution in [2.75, 3.05) is 26.2 Å². The van der Waals surface area contributed by atoms with Crippen molar-refractivity contribution in [1.29, 1.82) is 0 Å². The largest absolute Gasteiger partial charge is 0.373 e. The first-order valence-electron chi connectivity index (χ1n) is 6.23. The van der Waals surface area contributed by atoms with Gasteiger partial charge in [-0.2, -0.15) is 0 Å². The van der Waals surface area contributed by atoms with E-state index in [0.717, 1.165) is 26.2 Å². The van der Waals surface area contributed by atoms with Crippen LogP contribution in [0.1, 0.15) is 33.6 Å². The highest BCUT2D eigenvalue weighted by atomic mass is 16.5. The standard InChI is InChI=1S/C12H26N2O/c1-4-5-12(6-13)9-14-7-10(2)15-11(3)8-14/h10-12H,4-9,13H2,1-3H3/t10-,11+,12?. The Morgan fingerprint density at radius 1 is 1.33 bits per heavy atom. The van der Waals surface area contributed by atoms with Gasteiger partial charge in [-0.1, -0.05) is 13.3 Å². The number of nitrogens with zero attached hydrogens (tertiary/aromatic N) is 1. The fourth-order valence-electron chi connectivity index (χ4n) is 2.49. The summed E-state index contributed by atoms with van der Waals surface area (Å²) in [5.74, 6) is 0.660. The summed E-state index contributed by atoms with van der Waals surface area (Å²) in [5.41, 5.74) is 5.79. The quantitative estimate of drug-likeness (QED) is 0.753. The lowest BCUT2D eigenvalue weighted by Gasteiger charge is -2.37. The molecule has 0 spiro atoms. The first kappa shape index (κ1) is 12.9. The van der Waals surface area contributed by atoms with Crippen LogP contribution in [0.3, 0.4) is 0 Å². The smallest absolute Gasteiger partial charge is 0.0678 e. The lowest BCUT2D eigenvalue weighted by molar-refractivity contribution is -0.0714. The maximum absolute atomic E-state index is 5.79. The summed E-state index contributed by atoms with van der Waals surface area (Å²) in [7, 11) is 0. The van der Waals surface area contributed by atoms with Gasteiger partial charge in [0.1, 0.15) is 0 Å². The first-order chi connectivity index (χ1) is 7.15. The Kier molecular flexibility index (Phi) is 5.58. The first-order valence-corrected chi connectivity index (χ1v) is 6.23. The van der Waals surface area contributed by atoms with Gasteiger partial charge in [0.2, 0.25) is 0 Å². The van der Waals surface area contributed by atoms with Crippen molar-refractivity contribution in [3.8, 4) is 0 Å². The zero-order valence-corrected chi connectivity index (χ0v) is 10.4. The summed E-state index contributed by atoms with van der Waals surface area (Å²) < 4.78 is 5.72. The van der Waals surface area contributed by atoms with Gasteiger partial charge in [-0.25, -0.2) is 0 Å². The molecule has 1 saturated heterocycles. The number of nitrogens with two attached hydrogens (primary N) is 1. The molecule has 1 rings (SSSR count). The topological polar surface area (TPSA) is 38.5 Å². The molecule has 0 aromatic carbocycles. The highest BCUT2D eigenvalue weighted by Gasteiger charge is 2.23. The Balaban J connectivity index is 2.35. The van der Waals surface area contributed by atoms with Crippen molar-refractivity contribution in [2.45, 2.75) is 45.8 Å². The molecule has 1 aliphatic rings. The van der Waals surface area contributed by atoms with E-state index in [2.05, 4.69) is 25.7 Å². The molecular formula is C12H26N2O. The molecule has 0 bridgehead atoms. The average Bonchev–Trinajstić information content (AvgIpc) is 2.15. The predicted octanol–water partition coefficient (Wildman–Crippen LogP) is 1.47. The van der Waals surface area contributed by atoms with Gasteiger partial charge in [0, 0.05) is 19.6 Å². The zero-order valence-electron chi connectivity index (χ0n) is 10.4. The van der Waals surface area contributed by atoms with Crippen molar-refractivity contribution >= 4 is 0 Å². The summed E-state index contributed by atoms with van der Waals surface area (Å²) in [6, 6.07) is 0. The minimum absolute atomic E-state index is 0.369. The molecular weight excluding hydrogens is 188 g/mol. The molecule has 1 heterocycles. The molecule has 0 saturated carbocycles. The highest BCUT2D eigenvalue weighted by molar-refractivity contribution is 4.75. The summed E-state index contributed by atoms with van der Waals surface area (Å²) >= 11 is 0. The SMILES string of the molecule is CCCC(CN)CN1C[C@@H](C)O[C@@H](C)C1. The van der Waals surface area contributed by atoms with E-state index in [9.17, 15) is 0 Å². The normalized spacial score (nSPS) is 30.4. The van der Waals surface area contributed by atoms with Crippen LogP contribution in [0.25, 0.3) is 0 Å². The summed E-state index contributed by atoms with van der Waals surface area (Å²) in [6.07, 6.45) is 3.22. The molecule has 1 aliphatic heterocycles. The minimum atomic E-state index is 0.369. The van der Waals surface area contributed by atoms with Crippen LogP contribution in [-0.2, 0) is 4.74 Å². The summed E-state index contributed by atoms with van der Waals surface area (Å²) in [5, 5.41) is 0. The lowest BCUT2D eigenvalue weighted by Crippen LogP contribution is -2.47. The third-order valence-corrected chi connectivity index (χ3v) is 3.04. The van der Waals surface area contributed by atoms with Crippen molar-refractivity contribution in [3.63, 3.8) is 0 Å². The molecule has 90 valence electrons. The van der Waals surface area contributed by atoms with E-state index < -0.39 is 0 Å². The van der Waals surface area contributed by atoms with E-state index in [1.807, 2.05) is 0 Å². The Bertz CT molecular complexity index is 165. The Hall–Kier alpha value is -0.120. The van der Waals surface area contributed by atoms with Gasteiger partial charge in [0.05, 0.1) is 12.2 Å². The summed E-state index contributed by atoms with van der Waals surface area (Å²) in [6.45, 7) is 10.6. The Morgan fingerprint density at radius 3 is 2.40 bits per heavy atom. The van der Waals surface area contributed by atoms with Gasteiger partial charge in [0.25, 0.3) is 0 Å². The second-order valence-electron chi connectivity index (χ2n) is 4.87. The molecule has 0 aromatic heterocycles. The lowest BCUT2D eigenvalue weighted by atomic mass is 10.0. The molecule has 3 heteroatoms. The highest BCUT2D eigenvalue weighted by Crippen LogP contribution is 2.14. The van der Waals surface area contributed by atoms with E-state index >= 15 is 0 Å². The maximum atomic E-state index is 5.79. The van der Waals surface area contributed by atoms with Gasteiger partial charge in [0.15, 0.2) is 0 Å². The summed E-state index contributed by atoms with van der Waals surface area (Å²) in [4.78, 5) is 2.51. The number of hydrogen-bond acceptors (Lipinski definition) is 3. The molecule has 3 nitrogen and oxygen atoms in total. The second kappa shape index (κ2) is 6.46. The fraction of sp³-hybridized carbons (Fsp3) is 1.00. The van der Waals surface area contributed by atoms with Crippen LogP contribution in [-0.4, -0.2) is 43.3 Å². The fourth-order valence-corrected chi connectivity index (χ4v) is 2.49. The Morgan fingerprint density at radius 2 is 1.93 bits per heavy atom. The molecule has 3 atom stereocenters. The molecule has 0 amide bonds. The van der Waals surface area contributed by atoms with Crippen molar-refractivity contribution in [1.82, 2.24) is 4.90 Å². The van der Waals surface area contributed by atoms with Crippen LogP contribution in [0.4, 0.5) is 0 Å². The molecule has 15 heavy (non-hydrogen) atoms. The van der Waals surface area contributed by atoms with Crippen LogP contribution in [0, 0.1) is 5.92 Å². The molecule has 1 fully saturated rings. The predicted molar refractivity (Wildman–Crippen MR) is 63.9 cm³/mol. The maximum Gasteiger partial charge on any atom is 0.0678 e. The van der Waals surface area contributed by atoms with Crippen LogP contribution in [0.15, 0.2) is 0 Å². The number of morpholine rings is 1. The van der Waals surface area contributed by atoms with Crippen molar-refractivity contribution < 1.29 is 4.74 Å². The number of ether oxygens (including phenoxy) is 1. The van der Waals surface area contributed by atoms with Gasteiger partial charge in [-0.3, -0.25) is 4.90 Å². The molecule has 1 unspecified atom stereocenters. The third kappa shape index (κ3) is 4.49. The van der Waals surface area contributed by atoms with E-state index in [1.165, 1.54) is 12.8 Å².